The van der Waals surface area contributed by atoms with Gasteiger partial charge >= 0.3 is 6.36 Å². The molecule has 2 aromatic rings. The zero-order chi connectivity index (χ0) is 28.6. The van der Waals surface area contributed by atoms with Crippen molar-refractivity contribution in [2.45, 2.75) is 57.3 Å². The Bertz CT molecular complexity index is 1230. The standard InChI is InChI=1S/C32H38F3N3O3.ClH/c33-32(34,35)41-27-10-8-24(9-11-27)19-37-17-14-31(30(37)40)12-15-36(16-13-31)20-26-21-38(29(39)18-23-6-7-23)22-28(26)25-4-2-1-3-5-25;/h1-5,8-11,23,26,28H,6-7,12-22H2;1H/t26-,28+;/m0./s1. The zero-order valence-electron chi connectivity index (χ0n) is 23.7. The molecule has 3 heterocycles. The van der Waals surface area contributed by atoms with Gasteiger partial charge in [-0.15, -0.1) is 25.6 Å². The lowest BCUT2D eigenvalue weighted by Gasteiger charge is -2.39. The molecule has 0 N–H and O–H groups in total. The van der Waals surface area contributed by atoms with Gasteiger partial charge in [0.1, 0.15) is 5.75 Å². The lowest BCUT2D eigenvalue weighted by Crippen LogP contribution is -2.46. The van der Waals surface area contributed by atoms with E-state index >= 15 is 0 Å². The van der Waals surface area contributed by atoms with Gasteiger partial charge in [-0.25, -0.2) is 0 Å². The van der Waals surface area contributed by atoms with E-state index in [1.54, 1.807) is 12.1 Å². The third kappa shape index (κ3) is 7.05. The van der Waals surface area contributed by atoms with Crippen molar-refractivity contribution in [1.82, 2.24) is 14.7 Å². The Morgan fingerprint density at radius 2 is 1.60 bits per heavy atom. The van der Waals surface area contributed by atoms with Gasteiger partial charge in [0, 0.05) is 45.1 Å². The molecule has 6 rings (SSSR count). The van der Waals surface area contributed by atoms with Crippen molar-refractivity contribution < 1.29 is 27.5 Å². The number of ether oxygens (including phenoxy) is 1. The van der Waals surface area contributed by atoms with Gasteiger partial charge in [0.05, 0.1) is 5.41 Å². The highest BCUT2D eigenvalue weighted by Crippen LogP contribution is 2.43. The van der Waals surface area contributed by atoms with Crippen molar-refractivity contribution in [3.05, 3.63) is 65.7 Å². The fourth-order valence-electron chi connectivity index (χ4n) is 7.06. The minimum absolute atomic E-state index is 0. The van der Waals surface area contributed by atoms with E-state index in [0.717, 1.165) is 57.5 Å². The first-order chi connectivity index (χ1) is 19.7. The van der Waals surface area contributed by atoms with Crippen LogP contribution in [0.4, 0.5) is 13.2 Å². The van der Waals surface area contributed by atoms with E-state index in [-0.39, 0.29) is 29.5 Å². The molecule has 2 amide bonds. The monoisotopic (exact) mass is 605 g/mol. The van der Waals surface area contributed by atoms with Crippen molar-refractivity contribution in [1.29, 1.82) is 0 Å². The number of carbonyl (C=O) groups is 2. The molecular weight excluding hydrogens is 567 g/mol. The first-order valence-corrected chi connectivity index (χ1v) is 14.9. The Balaban J connectivity index is 0.00000353. The van der Waals surface area contributed by atoms with Crippen LogP contribution in [0.3, 0.4) is 0 Å². The molecule has 1 spiro atoms. The number of amides is 2. The van der Waals surface area contributed by atoms with Crippen LogP contribution in [0.5, 0.6) is 5.75 Å². The van der Waals surface area contributed by atoms with Gasteiger partial charge < -0.3 is 19.4 Å². The highest BCUT2D eigenvalue weighted by Gasteiger charge is 2.48. The molecule has 4 fully saturated rings. The summed E-state index contributed by atoms with van der Waals surface area (Å²) in [6.07, 6.45) is 0.765. The highest BCUT2D eigenvalue weighted by molar-refractivity contribution is 5.85. The summed E-state index contributed by atoms with van der Waals surface area (Å²) in [7, 11) is 0. The molecule has 42 heavy (non-hydrogen) atoms. The van der Waals surface area contributed by atoms with Crippen LogP contribution in [0.1, 0.15) is 55.6 Å². The molecule has 0 aromatic heterocycles. The van der Waals surface area contributed by atoms with Crippen molar-refractivity contribution in [2.24, 2.45) is 17.3 Å². The van der Waals surface area contributed by atoms with Crippen LogP contribution in [-0.2, 0) is 16.1 Å². The summed E-state index contributed by atoms with van der Waals surface area (Å²) in [4.78, 5) is 32.9. The molecule has 3 aliphatic heterocycles. The van der Waals surface area contributed by atoms with Crippen LogP contribution < -0.4 is 4.74 Å². The van der Waals surface area contributed by atoms with Crippen molar-refractivity contribution >= 4 is 24.2 Å². The summed E-state index contributed by atoms with van der Waals surface area (Å²) in [6, 6.07) is 16.3. The first-order valence-electron chi connectivity index (χ1n) is 14.9. The fraction of sp³-hybridized carbons (Fsp3) is 0.562. The summed E-state index contributed by atoms with van der Waals surface area (Å²) >= 11 is 0. The van der Waals surface area contributed by atoms with Crippen LogP contribution in [0.2, 0.25) is 0 Å². The summed E-state index contributed by atoms with van der Waals surface area (Å²) in [6.45, 7) is 5.28. The predicted molar refractivity (Wildman–Crippen MR) is 155 cm³/mol. The summed E-state index contributed by atoms with van der Waals surface area (Å²) in [5.41, 5.74) is 1.74. The van der Waals surface area contributed by atoms with Gasteiger partial charge in [-0.2, -0.15) is 0 Å². The minimum atomic E-state index is -4.72. The number of likely N-dealkylation sites (tertiary alicyclic amines) is 3. The lowest BCUT2D eigenvalue weighted by molar-refractivity contribution is -0.274. The average Bonchev–Trinajstić information content (AvgIpc) is 3.59. The number of rotatable bonds is 8. The molecule has 4 aliphatic rings. The van der Waals surface area contributed by atoms with Crippen LogP contribution >= 0.6 is 12.4 Å². The number of halogens is 4. The molecule has 0 radical (unpaired) electrons. The zero-order valence-corrected chi connectivity index (χ0v) is 24.5. The van der Waals surface area contributed by atoms with E-state index in [2.05, 4.69) is 38.8 Å². The molecule has 0 unspecified atom stereocenters. The van der Waals surface area contributed by atoms with Crippen molar-refractivity contribution in [3.63, 3.8) is 0 Å². The summed E-state index contributed by atoms with van der Waals surface area (Å²) in [5, 5.41) is 0. The van der Waals surface area contributed by atoms with E-state index in [0.29, 0.717) is 43.2 Å². The van der Waals surface area contributed by atoms with Gasteiger partial charge in [0.25, 0.3) is 0 Å². The maximum atomic E-state index is 13.5. The number of carbonyl (C=O) groups excluding carboxylic acids is 2. The van der Waals surface area contributed by atoms with E-state index < -0.39 is 6.36 Å². The second-order valence-electron chi connectivity index (χ2n) is 12.5. The molecule has 228 valence electrons. The van der Waals surface area contributed by atoms with Gasteiger partial charge in [-0.3, -0.25) is 9.59 Å². The number of hydrogen-bond acceptors (Lipinski definition) is 4. The predicted octanol–water partition coefficient (Wildman–Crippen LogP) is 5.86. The molecule has 3 saturated heterocycles. The second kappa shape index (κ2) is 12.4. The second-order valence-corrected chi connectivity index (χ2v) is 12.5. The fourth-order valence-corrected chi connectivity index (χ4v) is 7.06. The summed E-state index contributed by atoms with van der Waals surface area (Å²) in [5.74, 6) is 1.48. The van der Waals surface area contributed by atoms with E-state index in [1.165, 1.54) is 30.5 Å². The normalized spacial score (nSPS) is 24.2. The number of piperidine rings is 1. The molecule has 10 heteroatoms. The quantitative estimate of drug-likeness (QED) is 0.378. The van der Waals surface area contributed by atoms with Crippen LogP contribution in [0, 0.1) is 17.3 Å². The molecule has 0 bridgehead atoms. The number of benzene rings is 2. The number of nitrogens with zero attached hydrogens (tertiary/aromatic N) is 3. The van der Waals surface area contributed by atoms with E-state index in [9.17, 15) is 22.8 Å². The van der Waals surface area contributed by atoms with Gasteiger partial charge in [-0.05, 0) is 80.3 Å². The van der Waals surface area contributed by atoms with E-state index in [4.69, 9.17) is 0 Å². The largest absolute Gasteiger partial charge is 0.573 e. The molecule has 1 saturated carbocycles. The van der Waals surface area contributed by atoms with Crippen molar-refractivity contribution in [3.8, 4) is 5.75 Å². The number of alkyl halides is 3. The Morgan fingerprint density at radius 3 is 2.24 bits per heavy atom. The average molecular weight is 606 g/mol. The Kier molecular flexibility index (Phi) is 9.09. The molecular formula is C32H39ClF3N3O3. The van der Waals surface area contributed by atoms with Gasteiger partial charge in [0.2, 0.25) is 11.8 Å². The first kappa shape index (κ1) is 30.7. The summed E-state index contributed by atoms with van der Waals surface area (Å²) < 4.78 is 41.3. The molecule has 1 aliphatic carbocycles. The third-order valence-electron chi connectivity index (χ3n) is 9.62. The van der Waals surface area contributed by atoms with Crippen LogP contribution in [-0.4, -0.2) is 72.1 Å². The third-order valence-corrected chi connectivity index (χ3v) is 9.62. The molecule has 6 nitrogen and oxygen atoms in total. The Labute approximate surface area is 251 Å². The maximum Gasteiger partial charge on any atom is 0.573 e. The number of hydrogen-bond donors (Lipinski definition) is 0. The maximum absolute atomic E-state index is 13.5. The Morgan fingerprint density at radius 1 is 0.929 bits per heavy atom. The van der Waals surface area contributed by atoms with Crippen LogP contribution in [0.25, 0.3) is 0 Å². The minimum Gasteiger partial charge on any atom is -0.406 e. The SMILES string of the molecule is Cl.O=C(CC1CC1)N1C[C@H](CN2CCC3(CC2)CCN(Cc2ccc(OC(F)(F)F)cc2)C3=O)[C@@H](c2ccccc2)C1. The molecule has 2 atom stereocenters. The Hall–Kier alpha value is -2.78. The highest BCUT2D eigenvalue weighted by atomic mass is 35.5. The van der Waals surface area contributed by atoms with Crippen molar-refractivity contribution in [2.75, 3.05) is 39.3 Å². The topological polar surface area (TPSA) is 53.1 Å². The lowest BCUT2D eigenvalue weighted by atomic mass is 9.76. The van der Waals surface area contributed by atoms with Gasteiger partial charge in [0.15, 0.2) is 0 Å². The van der Waals surface area contributed by atoms with Gasteiger partial charge in [-0.1, -0.05) is 42.5 Å². The smallest absolute Gasteiger partial charge is 0.406 e. The van der Waals surface area contributed by atoms with Crippen LogP contribution in [0.15, 0.2) is 54.6 Å². The van der Waals surface area contributed by atoms with E-state index in [1.807, 2.05) is 11.0 Å². The molecule has 2 aromatic carbocycles.